The highest BCUT2D eigenvalue weighted by atomic mass is 14.2. The van der Waals surface area contributed by atoms with Gasteiger partial charge in [0, 0.05) is 0 Å². The molecule has 0 saturated carbocycles. The molecule has 0 spiro atoms. The van der Waals surface area contributed by atoms with Crippen LogP contribution in [0, 0.1) is 0 Å². The van der Waals surface area contributed by atoms with Crippen molar-refractivity contribution in [1.29, 1.82) is 0 Å². The summed E-state index contributed by atoms with van der Waals surface area (Å²) in [6, 6.07) is 4.52. The van der Waals surface area contributed by atoms with E-state index in [0.29, 0.717) is 5.92 Å². The first-order valence-corrected chi connectivity index (χ1v) is 8.07. The van der Waals surface area contributed by atoms with Crippen LogP contribution in [-0.2, 0) is 0 Å². The summed E-state index contributed by atoms with van der Waals surface area (Å²) >= 11 is 0. The molecule has 0 aromatic heterocycles. The van der Waals surface area contributed by atoms with E-state index in [4.69, 9.17) is 0 Å². The Labute approximate surface area is 128 Å². The molecular weight excluding hydrogens is 252 g/mol. The summed E-state index contributed by atoms with van der Waals surface area (Å²) in [6.07, 6.45) is 21.1. The number of hydrogen-bond acceptors (Lipinski definition) is 0. The fourth-order valence-corrected chi connectivity index (χ4v) is 2.87. The molecule has 110 valence electrons. The summed E-state index contributed by atoms with van der Waals surface area (Å²) in [5.41, 5.74) is 2.87. The molecule has 1 aliphatic carbocycles. The van der Waals surface area contributed by atoms with Gasteiger partial charge in [0.1, 0.15) is 0 Å². The van der Waals surface area contributed by atoms with E-state index in [0.717, 1.165) is 12.8 Å². The van der Waals surface area contributed by atoms with Gasteiger partial charge in [-0.1, -0.05) is 81.0 Å². The minimum absolute atomic E-state index is 0.559. The monoisotopic (exact) mass is 278 g/mol. The number of hydrogen-bond donors (Lipinski definition) is 0. The molecule has 0 heterocycles. The van der Waals surface area contributed by atoms with Crippen LogP contribution in [0.5, 0.6) is 0 Å². The van der Waals surface area contributed by atoms with Crippen LogP contribution in [0.25, 0.3) is 18.2 Å². The van der Waals surface area contributed by atoms with E-state index in [-0.39, 0.29) is 0 Å². The lowest BCUT2D eigenvalue weighted by molar-refractivity contribution is 0.769. The Balaban J connectivity index is 2.74. The number of rotatable bonds is 3. The summed E-state index contributed by atoms with van der Waals surface area (Å²) in [6.45, 7) is 6.64. The Morgan fingerprint density at radius 3 is 2.86 bits per heavy atom. The molecule has 1 aromatic carbocycles. The molecule has 1 aliphatic rings. The number of fused-ring (bicyclic) bond motifs is 1. The number of allylic oxidation sites excluding steroid dienone is 5. The first-order valence-electron chi connectivity index (χ1n) is 8.07. The summed E-state index contributed by atoms with van der Waals surface area (Å²) < 4.78 is 0. The van der Waals surface area contributed by atoms with Crippen molar-refractivity contribution < 1.29 is 0 Å². The van der Waals surface area contributed by atoms with Crippen molar-refractivity contribution in [1.82, 2.24) is 0 Å². The normalized spacial score (nSPS) is 19.9. The predicted molar refractivity (Wildman–Crippen MR) is 95.6 cm³/mol. The number of benzene rings is 1. The second kappa shape index (κ2) is 7.83. The van der Waals surface area contributed by atoms with Gasteiger partial charge in [0.05, 0.1) is 0 Å². The minimum atomic E-state index is 0.559. The molecule has 0 heteroatoms. The largest absolute Gasteiger partial charge is 0.0876 e. The van der Waals surface area contributed by atoms with Crippen LogP contribution >= 0.6 is 0 Å². The Kier molecular flexibility index (Phi) is 5.80. The lowest BCUT2D eigenvalue weighted by atomic mass is 9.88. The summed E-state index contributed by atoms with van der Waals surface area (Å²) in [7, 11) is 0. The molecule has 0 nitrogen and oxygen atoms in total. The summed E-state index contributed by atoms with van der Waals surface area (Å²) in [5.74, 6) is 0.559. The van der Waals surface area contributed by atoms with Gasteiger partial charge in [0.15, 0.2) is 0 Å². The smallest absolute Gasteiger partial charge is 0.0144 e. The second-order valence-electron chi connectivity index (χ2n) is 5.68. The molecule has 0 aliphatic heterocycles. The zero-order valence-corrected chi connectivity index (χ0v) is 13.5. The van der Waals surface area contributed by atoms with Crippen LogP contribution in [0.3, 0.4) is 0 Å². The van der Waals surface area contributed by atoms with Crippen molar-refractivity contribution in [2.75, 3.05) is 0 Å². The van der Waals surface area contributed by atoms with Crippen LogP contribution in [-0.4, -0.2) is 0 Å². The Bertz CT molecular complexity index is 669. The van der Waals surface area contributed by atoms with Crippen molar-refractivity contribution in [3.05, 3.63) is 64.1 Å². The Hall–Kier alpha value is -1.82. The number of unbranched alkanes of at least 4 members (excludes halogenated alkanes) is 1. The fraction of sp³-hybridized carbons (Fsp3) is 0.333. The van der Waals surface area contributed by atoms with E-state index in [1.54, 1.807) is 0 Å². The van der Waals surface area contributed by atoms with Crippen molar-refractivity contribution in [3.8, 4) is 0 Å². The van der Waals surface area contributed by atoms with Crippen molar-refractivity contribution in [3.63, 3.8) is 0 Å². The average molecular weight is 278 g/mol. The van der Waals surface area contributed by atoms with E-state index >= 15 is 0 Å². The van der Waals surface area contributed by atoms with Crippen molar-refractivity contribution in [2.45, 2.75) is 46.0 Å². The molecule has 0 radical (unpaired) electrons. The van der Waals surface area contributed by atoms with Gasteiger partial charge in [-0.05, 0) is 47.2 Å². The van der Waals surface area contributed by atoms with Crippen molar-refractivity contribution in [2.24, 2.45) is 0 Å². The fourth-order valence-electron chi connectivity index (χ4n) is 2.87. The molecule has 0 amide bonds. The Morgan fingerprint density at radius 1 is 1.24 bits per heavy atom. The van der Waals surface area contributed by atoms with Gasteiger partial charge in [-0.2, -0.15) is 0 Å². The minimum Gasteiger partial charge on any atom is -0.0876 e. The first kappa shape index (κ1) is 15.6. The highest BCUT2D eigenvalue weighted by molar-refractivity contribution is 5.59. The quantitative estimate of drug-likeness (QED) is 0.752. The van der Waals surface area contributed by atoms with E-state index in [2.05, 4.69) is 81.5 Å². The highest BCUT2D eigenvalue weighted by Gasteiger charge is 2.11. The topological polar surface area (TPSA) is 0 Å². The molecule has 21 heavy (non-hydrogen) atoms. The molecule has 1 atom stereocenters. The molecular formula is C21H26. The van der Waals surface area contributed by atoms with Gasteiger partial charge in [-0.15, -0.1) is 0 Å². The van der Waals surface area contributed by atoms with Gasteiger partial charge < -0.3 is 0 Å². The molecule has 2 rings (SSSR count). The van der Waals surface area contributed by atoms with Gasteiger partial charge >= 0.3 is 0 Å². The zero-order chi connectivity index (χ0) is 15.1. The van der Waals surface area contributed by atoms with E-state index in [9.17, 15) is 0 Å². The lowest BCUT2D eigenvalue weighted by Crippen LogP contribution is -2.30. The third-order valence-corrected chi connectivity index (χ3v) is 3.97. The van der Waals surface area contributed by atoms with Crippen molar-refractivity contribution >= 4 is 18.2 Å². The molecule has 1 unspecified atom stereocenters. The van der Waals surface area contributed by atoms with E-state index < -0.39 is 0 Å². The molecule has 0 saturated heterocycles. The summed E-state index contributed by atoms with van der Waals surface area (Å²) in [4.78, 5) is 0. The van der Waals surface area contributed by atoms with Gasteiger partial charge in [0.2, 0.25) is 0 Å². The third kappa shape index (κ3) is 3.85. The SMILES string of the molecule is CC=CC=c1ccc2c(c1=CCCC)C(C)CC=CC=C2. The molecule has 0 fully saturated rings. The third-order valence-electron chi connectivity index (χ3n) is 3.97. The average Bonchev–Trinajstić information content (AvgIpc) is 2.48. The zero-order valence-electron chi connectivity index (χ0n) is 13.5. The van der Waals surface area contributed by atoms with E-state index in [1.165, 1.54) is 28.0 Å². The first-order chi connectivity index (χ1) is 10.3. The van der Waals surface area contributed by atoms with Crippen LogP contribution in [0.4, 0.5) is 0 Å². The molecule has 0 N–H and O–H groups in total. The van der Waals surface area contributed by atoms with Crippen LogP contribution in [0.2, 0.25) is 0 Å². The van der Waals surface area contributed by atoms with Gasteiger partial charge in [-0.3, -0.25) is 0 Å². The van der Waals surface area contributed by atoms with Gasteiger partial charge in [0.25, 0.3) is 0 Å². The van der Waals surface area contributed by atoms with Crippen LogP contribution in [0.15, 0.2) is 42.5 Å². The summed E-state index contributed by atoms with van der Waals surface area (Å²) in [5, 5.41) is 2.77. The maximum absolute atomic E-state index is 2.42. The highest BCUT2D eigenvalue weighted by Crippen LogP contribution is 2.22. The van der Waals surface area contributed by atoms with Crippen LogP contribution < -0.4 is 10.4 Å². The lowest BCUT2D eigenvalue weighted by Gasteiger charge is -2.16. The Morgan fingerprint density at radius 2 is 2.10 bits per heavy atom. The molecule has 0 bridgehead atoms. The second-order valence-corrected chi connectivity index (χ2v) is 5.68. The maximum atomic E-state index is 2.42. The molecule has 1 aromatic rings. The van der Waals surface area contributed by atoms with Crippen LogP contribution in [0.1, 0.15) is 57.1 Å². The van der Waals surface area contributed by atoms with Gasteiger partial charge in [-0.25, -0.2) is 0 Å². The maximum Gasteiger partial charge on any atom is -0.0144 e. The van der Waals surface area contributed by atoms with E-state index in [1.807, 2.05) is 0 Å². The predicted octanol–water partition coefficient (Wildman–Crippen LogP) is 4.70. The standard InChI is InChI=1S/C21H26/c1-4-6-12-18-15-16-19-13-10-8-9-11-17(3)21(19)20(18)14-7-5-2/h4,6,8-10,12-17H,5,7,11H2,1-3H3.